The van der Waals surface area contributed by atoms with E-state index in [1.165, 1.54) is 22.3 Å². The maximum atomic E-state index is 12.0. The zero-order valence-electron chi connectivity index (χ0n) is 12.5. The Morgan fingerprint density at radius 3 is 3.00 bits per heavy atom. The van der Waals surface area contributed by atoms with Gasteiger partial charge in [0.1, 0.15) is 0 Å². The van der Waals surface area contributed by atoms with E-state index in [0.717, 1.165) is 5.69 Å². The summed E-state index contributed by atoms with van der Waals surface area (Å²) in [4.78, 5) is 20.3. The number of nitrogens with one attached hydrogen (secondary N) is 1. The third-order valence-electron chi connectivity index (χ3n) is 3.24. The summed E-state index contributed by atoms with van der Waals surface area (Å²) in [6.07, 6.45) is 0. The van der Waals surface area contributed by atoms with Gasteiger partial charge in [-0.25, -0.2) is 4.98 Å². The average Bonchev–Trinajstić information content (AvgIpc) is 3.19. The van der Waals surface area contributed by atoms with E-state index in [1.807, 2.05) is 12.1 Å². The molecule has 0 bridgehead atoms. The number of hydrogen-bond donors (Lipinski definition) is 2. The van der Waals surface area contributed by atoms with E-state index in [1.54, 1.807) is 16.8 Å². The first-order valence-corrected chi connectivity index (χ1v) is 8.38. The highest BCUT2D eigenvalue weighted by molar-refractivity contribution is 7.98. The van der Waals surface area contributed by atoms with Crippen LogP contribution in [-0.4, -0.2) is 39.8 Å². The van der Waals surface area contributed by atoms with Crippen molar-refractivity contribution in [3.05, 3.63) is 51.4 Å². The van der Waals surface area contributed by atoms with Crippen LogP contribution in [0.4, 0.5) is 5.95 Å². The Hall–Kier alpha value is -2.92. The van der Waals surface area contributed by atoms with Crippen molar-refractivity contribution in [3.63, 3.8) is 0 Å². The van der Waals surface area contributed by atoms with Crippen molar-refractivity contribution < 1.29 is 0 Å². The van der Waals surface area contributed by atoms with Crippen LogP contribution in [0.2, 0.25) is 5.02 Å². The number of thioether (sulfide) groups is 1. The van der Waals surface area contributed by atoms with Crippen LogP contribution in [0, 0.1) is 0 Å². The smallest absolute Gasteiger partial charge is 0.274 e. The quantitative estimate of drug-likeness (QED) is 0.503. The predicted molar refractivity (Wildman–Crippen MR) is 91.7 cm³/mol. The molecule has 10 nitrogen and oxygen atoms in total. The van der Waals surface area contributed by atoms with Crippen LogP contribution in [0.3, 0.4) is 0 Å². The Balaban J connectivity index is 1.60. The maximum Gasteiger partial charge on any atom is 0.274 e. The monoisotopic (exact) mass is 375 g/mol. The van der Waals surface area contributed by atoms with Crippen molar-refractivity contribution in [1.29, 1.82) is 0 Å². The molecular weight excluding hydrogens is 366 g/mol. The highest BCUT2D eigenvalue weighted by Gasteiger charge is 2.12. The average molecular weight is 376 g/mol. The number of nitrogens with zero attached hydrogens (tertiary/aromatic N) is 7. The Labute approximate surface area is 149 Å². The number of nitrogen functional groups attached to an aromatic ring is 1. The number of tetrazole rings is 1. The summed E-state index contributed by atoms with van der Waals surface area (Å²) >= 11 is 7.34. The van der Waals surface area contributed by atoms with Gasteiger partial charge in [0.05, 0.1) is 11.4 Å². The molecule has 0 atom stereocenters. The molecule has 0 saturated carbocycles. The highest BCUT2D eigenvalue weighted by atomic mass is 35.5. The van der Waals surface area contributed by atoms with Gasteiger partial charge in [0.2, 0.25) is 11.1 Å². The predicted octanol–water partition coefficient (Wildman–Crippen LogP) is 0.921. The molecule has 0 amide bonds. The second-order valence-electron chi connectivity index (χ2n) is 4.97. The SMILES string of the molecule is Nc1nc2nc(CSc3nnnn3-c3cccc(Cl)c3)cc(=O)n2[nH]1. The standard InChI is InChI=1S/C13H10ClN9OS/c14-7-2-1-3-9(4-7)22-13(18-20-21-22)25-6-8-5-10(24)23-12(16-8)17-11(15)19-23/h1-5H,6H2,(H3,15,16,17,19). The molecule has 0 unspecified atom stereocenters. The van der Waals surface area contributed by atoms with Gasteiger partial charge in [-0.05, 0) is 28.6 Å². The van der Waals surface area contributed by atoms with E-state index in [0.29, 0.717) is 21.6 Å². The van der Waals surface area contributed by atoms with Gasteiger partial charge in [-0.15, -0.1) is 5.10 Å². The number of nitrogens with two attached hydrogens (primary N) is 1. The molecule has 3 aromatic heterocycles. The molecule has 126 valence electrons. The summed E-state index contributed by atoms with van der Waals surface area (Å²) in [7, 11) is 0. The van der Waals surface area contributed by atoms with Crippen molar-refractivity contribution in [2.75, 3.05) is 5.73 Å². The molecular formula is C13H10ClN9OS. The summed E-state index contributed by atoms with van der Waals surface area (Å²) in [6, 6.07) is 8.59. The molecule has 0 aliphatic heterocycles. The molecule has 0 fully saturated rings. The molecule has 1 aromatic carbocycles. The van der Waals surface area contributed by atoms with Crippen molar-refractivity contribution in [1.82, 2.24) is 39.8 Å². The molecule has 12 heteroatoms. The van der Waals surface area contributed by atoms with E-state index >= 15 is 0 Å². The number of fused-ring (bicyclic) bond motifs is 1. The van der Waals surface area contributed by atoms with Gasteiger partial charge in [0.15, 0.2) is 0 Å². The second-order valence-corrected chi connectivity index (χ2v) is 6.35. The summed E-state index contributed by atoms with van der Waals surface area (Å²) < 4.78 is 2.74. The minimum atomic E-state index is -0.292. The first-order valence-electron chi connectivity index (χ1n) is 7.01. The number of H-pyrrole nitrogens is 1. The van der Waals surface area contributed by atoms with Crippen LogP contribution in [0.1, 0.15) is 5.69 Å². The van der Waals surface area contributed by atoms with Crippen LogP contribution < -0.4 is 11.3 Å². The van der Waals surface area contributed by atoms with E-state index < -0.39 is 0 Å². The fourth-order valence-corrected chi connectivity index (χ4v) is 3.16. The zero-order valence-corrected chi connectivity index (χ0v) is 14.1. The summed E-state index contributed by atoms with van der Waals surface area (Å²) in [5.74, 6) is 0.730. The normalized spacial score (nSPS) is 11.2. The third-order valence-corrected chi connectivity index (χ3v) is 4.43. The van der Waals surface area contributed by atoms with Gasteiger partial charge in [0.25, 0.3) is 11.3 Å². The Morgan fingerprint density at radius 1 is 1.28 bits per heavy atom. The molecule has 3 N–H and O–H groups in total. The van der Waals surface area contributed by atoms with Crippen LogP contribution in [0.15, 0.2) is 40.3 Å². The lowest BCUT2D eigenvalue weighted by Gasteiger charge is -2.04. The summed E-state index contributed by atoms with van der Waals surface area (Å²) in [5, 5.41) is 15.4. The van der Waals surface area contributed by atoms with Gasteiger partial charge in [-0.3, -0.25) is 9.89 Å². The maximum absolute atomic E-state index is 12.0. The van der Waals surface area contributed by atoms with Crippen molar-refractivity contribution in [3.8, 4) is 5.69 Å². The molecule has 0 aliphatic rings. The topological polar surface area (TPSA) is 133 Å². The summed E-state index contributed by atoms with van der Waals surface area (Å²) in [6.45, 7) is 0. The number of anilines is 1. The number of benzene rings is 1. The lowest BCUT2D eigenvalue weighted by atomic mass is 10.3. The first-order chi connectivity index (χ1) is 12.1. The molecule has 4 rings (SSSR count). The van der Waals surface area contributed by atoms with Crippen LogP contribution in [0.5, 0.6) is 0 Å². The highest BCUT2D eigenvalue weighted by Crippen LogP contribution is 2.22. The molecule has 0 aliphatic carbocycles. The Bertz CT molecular complexity index is 1120. The van der Waals surface area contributed by atoms with E-state index in [-0.39, 0.29) is 17.3 Å². The molecule has 4 aromatic rings. The lowest BCUT2D eigenvalue weighted by molar-refractivity contribution is 0.756. The molecule has 25 heavy (non-hydrogen) atoms. The van der Waals surface area contributed by atoms with Gasteiger partial charge in [0, 0.05) is 16.8 Å². The Morgan fingerprint density at radius 2 is 2.16 bits per heavy atom. The van der Waals surface area contributed by atoms with Crippen molar-refractivity contribution in [2.24, 2.45) is 0 Å². The van der Waals surface area contributed by atoms with Crippen molar-refractivity contribution in [2.45, 2.75) is 10.9 Å². The molecule has 3 heterocycles. The van der Waals surface area contributed by atoms with Gasteiger partial charge in [-0.1, -0.05) is 29.4 Å². The van der Waals surface area contributed by atoms with E-state index in [4.69, 9.17) is 17.3 Å². The first kappa shape index (κ1) is 15.6. The van der Waals surface area contributed by atoms with E-state index in [2.05, 4.69) is 30.6 Å². The largest absolute Gasteiger partial charge is 0.368 e. The molecule has 0 saturated heterocycles. The summed E-state index contributed by atoms with van der Waals surface area (Å²) in [5.41, 5.74) is 6.54. The number of halogens is 1. The van der Waals surface area contributed by atoms with Gasteiger partial charge >= 0.3 is 0 Å². The molecule has 0 spiro atoms. The number of hydrogen-bond acceptors (Lipinski definition) is 8. The Kier molecular flexibility index (Phi) is 3.86. The van der Waals surface area contributed by atoms with Gasteiger partial charge < -0.3 is 5.73 Å². The van der Waals surface area contributed by atoms with Crippen LogP contribution >= 0.6 is 23.4 Å². The van der Waals surface area contributed by atoms with Crippen LogP contribution in [0.25, 0.3) is 11.5 Å². The fourth-order valence-electron chi connectivity index (χ4n) is 2.20. The fraction of sp³-hybridized carbons (Fsp3) is 0.0769. The second kappa shape index (κ2) is 6.18. The number of rotatable bonds is 4. The minimum Gasteiger partial charge on any atom is -0.368 e. The van der Waals surface area contributed by atoms with E-state index in [9.17, 15) is 4.79 Å². The third kappa shape index (κ3) is 3.06. The zero-order chi connectivity index (χ0) is 17.4. The number of aromatic amines is 1. The molecule has 0 radical (unpaired) electrons. The van der Waals surface area contributed by atoms with Crippen LogP contribution in [-0.2, 0) is 5.75 Å². The number of aromatic nitrogens is 8. The van der Waals surface area contributed by atoms with Gasteiger partial charge in [-0.2, -0.15) is 14.2 Å². The lowest BCUT2D eigenvalue weighted by Crippen LogP contribution is -2.15. The minimum absolute atomic E-state index is 0.124. The van der Waals surface area contributed by atoms with Crippen molar-refractivity contribution >= 4 is 35.1 Å².